The summed E-state index contributed by atoms with van der Waals surface area (Å²) in [4.78, 5) is 13.8. The van der Waals surface area contributed by atoms with Crippen molar-refractivity contribution in [3.05, 3.63) is 89.0 Å². The molecule has 174 valence electrons. The molecular formula is C23H21ClF2N2O3S2. The van der Waals surface area contributed by atoms with Crippen molar-refractivity contribution in [3.63, 3.8) is 0 Å². The van der Waals surface area contributed by atoms with Crippen molar-refractivity contribution in [1.29, 1.82) is 0 Å². The van der Waals surface area contributed by atoms with Crippen LogP contribution in [-0.2, 0) is 20.6 Å². The number of carbonyl (C=O) groups is 1. The summed E-state index contributed by atoms with van der Waals surface area (Å²) >= 11 is 7.41. The van der Waals surface area contributed by atoms with Gasteiger partial charge in [-0.05, 0) is 48.9 Å². The number of nitrogens with one attached hydrogen (secondary N) is 1. The Balaban J connectivity index is 1.80. The third kappa shape index (κ3) is 6.46. The monoisotopic (exact) mass is 510 g/mol. The molecule has 1 amide bonds. The molecule has 0 radical (unpaired) electrons. The zero-order chi connectivity index (χ0) is 24.2. The lowest BCUT2D eigenvalue weighted by Gasteiger charge is -2.28. The molecule has 0 aromatic heterocycles. The van der Waals surface area contributed by atoms with E-state index in [1.807, 2.05) is 24.3 Å². The van der Waals surface area contributed by atoms with E-state index < -0.39 is 33.6 Å². The fourth-order valence-electron chi connectivity index (χ4n) is 3.11. The summed E-state index contributed by atoms with van der Waals surface area (Å²) < 4.78 is 52.6. The highest BCUT2D eigenvalue weighted by molar-refractivity contribution is 7.98. The largest absolute Gasteiger partial charge is 0.323 e. The summed E-state index contributed by atoms with van der Waals surface area (Å²) in [6, 6.07) is 16.0. The van der Waals surface area contributed by atoms with Gasteiger partial charge in [-0.2, -0.15) is 0 Å². The molecule has 0 saturated heterocycles. The quantitative estimate of drug-likeness (QED) is 0.394. The smallest absolute Gasteiger partial charge is 0.248 e. The van der Waals surface area contributed by atoms with Gasteiger partial charge in [-0.3, -0.25) is 9.10 Å². The zero-order valence-corrected chi connectivity index (χ0v) is 20.1. The fraction of sp³-hybridized carbons (Fsp3) is 0.174. The molecule has 3 aromatic carbocycles. The summed E-state index contributed by atoms with van der Waals surface area (Å²) in [5, 5.41) is 3.39. The van der Waals surface area contributed by atoms with Gasteiger partial charge in [-0.25, -0.2) is 17.2 Å². The second-order valence-corrected chi connectivity index (χ2v) is 10.5. The molecule has 3 rings (SSSR count). The van der Waals surface area contributed by atoms with Crippen LogP contribution in [0, 0.1) is 11.6 Å². The average molecular weight is 511 g/mol. The first-order valence-electron chi connectivity index (χ1n) is 9.78. The summed E-state index contributed by atoms with van der Waals surface area (Å²) in [6.45, 7) is 1.38. The molecule has 1 unspecified atom stereocenters. The van der Waals surface area contributed by atoms with Crippen LogP contribution in [0.1, 0.15) is 12.5 Å². The molecule has 33 heavy (non-hydrogen) atoms. The molecule has 10 heteroatoms. The van der Waals surface area contributed by atoms with Crippen LogP contribution in [0.2, 0.25) is 5.02 Å². The number of amides is 1. The maximum atomic E-state index is 13.7. The topological polar surface area (TPSA) is 66.5 Å². The van der Waals surface area contributed by atoms with Gasteiger partial charge in [0.2, 0.25) is 15.9 Å². The molecule has 0 fully saturated rings. The SMILES string of the molecule is CC(C(=O)Nc1ccccc1SCc1ccc(Cl)cc1)N(c1ccc(F)c(F)c1)S(C)(=O)=O. The van der Waals surface area contributed by atoms with Gasteiger partial charge in [0.25, 0.3) is 0 Å². The van der Waals surface area contributed by atoms with Crippen LogP contribution < -0.4 is 9.62 Å². The van der Waals surface area contributed by atoms with Crippen molar-refractivity contribution in [1.82, 2.24) is 0 Å². The lowest BCUT2D eigenvalue weighted by Crippen LogP contribution is -2.45. The Morgan fingerprint density at radius 3 is 2.36 bits per heavy atom. The fourth-order valence-corrected chi connectivity index (χ4v) is 5.36. The number of para-hydroxylation sites is 1. The number of thioether (sulfide) groups is 1. The van der Waals surface area contributed by atoms with Crippen LogP contribution in [0.15, 0.2) is 71.6 Å². The molecule has 0 aliphatic heterocycles. The number of benzene rings is 3. The minimum atomic E-state index is -3.98. The van der Waals surface area contributed by atoms with Gasteiger partial charge < -0.3 is 5.32 Å². The van der Waals surface area contributed by atoms with Crippen LogP contribution in [-0.4, -0.2) is 26.6 Å². The van der Waals surface area contributed by atoms with Gasteiger partial charge in [-0.15, -0.1) is 11.8 Å². The second-order valence-electron chi connectivity index (χ2n) is 7.23. The molecule has 3 aromatic rings. The van der Waals surface area contributed by atoms with Crippen LogP contribution in [0.25, 0.3) is 0 Å². The molecule has 0 spiro atoms. The van der Waals surface area contributed by atoms with E-state index in [0.29, 0.717) is 16.5 Å². The highest BCUT2D eigenvalue weighted by Gasteiger charge is 2.30. The molecule has 0 bridgehead atoms. The number of halogens is 3. The highest BCUT2D eigenvalue weighted by Crippen LogP contribution is 2.31. The first kappa shape index (κ1) is 25.0. The van der Waals surface area contributed by atoms with E-state index in [9.17, 15) is 22.0 Å². The van der Waals surface area contributed by atoms with Crippen LogP contribution in [0.5, 0.6) is 0 Å². The molecule has 0 aliphatic carbocycles. The van der Waals surface area contributed by atoms with E-state index in [1.165, 1.54) is 18.7 Å². The Labute approximate surface area is 200 Å². The zero-order valence-electron chi connectivity index (χ0n) is 17.8. The molecule has 0 saturated carbocycles. The van der Waals surface area contributed by atoms with Crippen molar-refractivity contribution in [2.75, 3.05) is 15.9 Å². The Morgan fingerprint density at radius 2 is 1.73 bits per heavy atom. The maximum absolute atomic E-state index is 13.7. The molecule has 5 nitrogen and oxygen atoms in total. The van der Waals surface area contributed by atoms with E-state index in [-0.39, 0.29) is 5.69 Å². The van der Waals surface area contributed by atoms with Crippen molar-refractivity contribution < 1.29 is 22.0 Å². The minimum Gasteiger partial charge on any atom is -0.323 e. The Kier molecular flexibility index (Phi) is 7.99. The van der Waals surface area contributed by atoms with Gasteiger partial charge in [0.05, 0.1) is 17.6 Å². The summed E-state index contributed by atoms with van der Waals surface area (Å²) in [5.74, 6) is -2.32. The third-order valence-electron chi connectivity index (χ3n) is 4.70. The Hall–Kier alpha value is -2.62. The lowest BCUT2D eigenvalue weighted by atomic mass is 10.2. The predicted octanol–water partition coefficient (Wildman–Crippen LogP) is 5.70. The van der Waals surface area contributed by atoms with Gasteiger partial charge >= 0.3 is 0 Å². The predicted molar refractivity (Wildman–Crippen MR) is 129 cm³/mol. The van der Waals surface area contributed by atoms with Crippen LogP contribution >= 0.6 is 23.4 Å². The van der Waals surface area contributed by atoms with E-state index in [4.69, 9.17) is 11.6 Å². The van der Waals surface area contributed by atoms with E-state index in [2.05, 4.69) is 5.32 Å². The number of sulfonamides is 1. The number of carbonyl (C=O) groups excluding carboxylic acids is 1. The first-order valence-corrected chi connectivity index (χ1v) is 13.0. The first-order chi connectivity index (χ1) is 15.6. The average Bonchev–Trinajstić information content (AvgIpc) is 2.76. The number of anilines is 2. The Morgan fingerprint density at radius 1 is 1.06 bits per heavy atom. The van der Waals surface area contributed by atoms with E-state index in [0.717, 1.165) is 39.2 Å². The van der Waals surface area contributed by atoms with E-state index in [1.54, 1.807) is 24.3 Å². The normalized spacial score (nSPS) is 12.3. The maximum Gasteiger partial charge on any atom is 0.248 e. The highest BCUT2D eigenvalue weighted by atomic mass is 35.5. The number of rotatable bonds is 8. The molecule has 1 N–H and O–H groups in total. The summed E-state index contributed by atoms with van der Waals surface area (Å²) in [6.07, 6.45) is 0.897. The lowest BCUT2D eigenvalue weighted by molar-refractivity contribution is -0.116. The number of hydrogen-bond donors (Lipinski definition) is 1. The van der Waals surface area contributed by atoms with Gasteiger partial charge in [0, 0.05) is 21.7 Å². The van der Waals surface area contributed by atoms with Crippen molar-refractivity contribution in [2.24, 2.45) is 0 Å². The van der Waals surface area contributed by atoms with Gasteiger partial charge in [0.15, 0.2) is 11.6 Å². The van der Waals surface area contributed by atoms with Crippen LogP contribution in [0.3, 0.4) is 0 Å². The van der Waals surface area contributed by atoms with Crippen molar-refractivity contribution in [2.45, 2.75) is 23.6 Å². The molecular weight excluding hydrogens is 490 g/mol. The second kappa shape index (κ2) is 10.5. The van der Waals surface area contributed by atoms with Crippen molar-refractivity contribution in [3.8, 4) is 0 Å². The van der Waals surface area contributed by atoms with E-state index >= 15 is 0 Å². The van der Waals surface area contributed by atoms with Gasteiger partial charge in [-0.1, -0.05) is 35.9 Å². The van der Waals surface area contributed by atoms with Crippen molar-refractivity contribution >= 4 is 50.7 Å². The number of hydrogen-bond acceptors (Lipinski definition) is 4. The molecule has 1 atom stereocenters. The summed E-state index contributed by atoms with van der Waals surface area (Å²) in [5.41, 5.74) is 1.40. The Bertz CT molecular complexity index is 1250. The van der Waals surface area contributed by atoms with Crippen LogP contribution in [0.4, 0.5) is 20.2 Å². The summed E-state index contributed by atoms with van der Waals surface area (Å²) in [7, 11) is -3.98. The number of nitrogens with zero attached hydrogens (tertiary/aromatic N) is 1. The molecule has 0 aliphatic rings. The minimum absolute atomic E-state index is 0.149. The molecule has 0 heterocycles. The third-order valence-corrected chi connectivity index (χ3v) is 7.34. The standard InChI is InChI=1S/C23H21ClF2N2O3S2/c1-15(28(33(2,30)31)18-11-12-19(25)20(26)13-18)23(29)27-21-5-3-4-6-22(21)32-14-16-7-9-17(24)10-8-16/h3-13,15H,14H2,1-2H3,(H,27,29). The van der Waals surface area contributed by atoms with Gasteiger partial charge in [0.1, 0.15) is 6.04 Å².